The van der Waals surface area contributed by atoms with Crippen molar-refractivity contribution < 1.29 is 81.9 Å². The van der Waals surface area contributed by atoms with Crippen LogP contribution in [0, 0.1) is 0 Å². The molecule has 2 aliphatic heterocycles. The molecule has 0 radical (unpaired) electrons. The Balaban J connectivity index is 1.11. The first-order valence-corrected chi connectivity index (χ1v) is 25.0. The topological polar surface area (TPSA) is 221 Å². The van der Waals surface area contributed by atoms with E-state index in [2.05, 4.69) is 0 Å². The van der Waals surface area contributed by atoms with Gasteiger partial charge in [0.1, 0.15) is 60.3 Å². The first-order chi connectivity index (χ1) is 38.0. The van der Waals surface area contributed by atoms with Crippen molar-refractivity contribution in [1.29, 1.82) is 0 Å². The van der Waals surface area contributed by atoms with Gasteiger partial charge < -0.3 is 62.7 Å². The molecule has 2 heterocycles. The summed E-state index contributed by atoms with van der Waals surface area (Å²) in [6, 6.07) is 55.1. The maximum absolute atomic E-state index is 14.3. The maximum atomic E-state index is 14.3. The Labute approximate surface area is 449 Å². The molecule has 0 amide bonds. The fourth-order valence-electron chi connectivity index (χ4n) is 9.23. The summed E-state index contributed by atoms with van der Waals surface area (Å²) in [5.74, 6) is -2.53. The Bertz CT molecular complexity index is 3010. The minimum atomic E-state index is -2.03. The highest BCUT2D eigenvalue weighted by molar-refractivity contribution is 5.91. The molecule has 0 aliphatic carbocycles. The summed E-state index contributed by atoms with van der Waals surface area (Å²) in [5, 5.41) is 35.4. The fraction of sp³-hybridized carbons (Fsp3) is 0.246. The molecule has 2 aliphatic rings. The van der Waals surface area contributed by atoms with Crippen LogP contribution in [0.4, 0.5) is 0 Å². The summed E-state index contributed by atoms with van der Waals surface area (Å²) in [5.41, 5.74) is 0.809. The zero-order valence-electron chi connectivity index (χ0n) is 42.3. The van der Waals surface area contributed by atoms with Gasteiger partial charge in [0.25, 0.3) is 0 Å². The Morgan fingerprint density at radius 3 is 1.27 bits per heavy atom. The van der Waals surface area contributed by atoms with Crippen molar-refractivity contribution in [2.24, 2.45) is 0 Å². The Morgan fingerprint density at radius 2 is 0.808 bits per heavy atom. The van der Waals surface area contributed by atoms with Crippen LogP contribution in [0.3, 0.4) is 0 Å². The average molecular weight is 1060 g/mol. The summed E-state index contributed by atoms with van der Waals surface area (Å²) >= 11 is 0. The lowest BCUT2D eigenvalue weighted by Gasteiger charge is -2.47. The quantitative estimate of drug-likeness (QED) is 0.0418. The normalized spacial score (nSPS) is 23.0. The number of esters is 4. The number of carbonyl (C=O) groups excluding carboxylic acids is 4. The van der Waals surface area contributed by atoms with Gasteiger partial charge in [-0.25, -0.2) is 19.2 Å². The van der Waals surface area contributed by atoms with Crippen LogP contribution in [-0.2, 0) is 43.5 Å². The number of hydrogen-bond donors (Lipinski definition) is 3. The Morgan fingerprint density at radius 1 is 0.410 bits per heavy atom. The number of benzene rings is 7. The second-order valence-electron chi connectivity index (χ2n) is 18.2. The standard InChI is InChI=1S/C61H56O17/c1-69-45-32-28-43(29-33-45)61(42-26-16-7-17-27-42,44-30-34-46(70-2)35-31-44)72-37-47-49(62)50(63)51(64)59(73-47)77-52-48(36-71-55(65)38-18-8-3-9-19-38)74-60(78-58(68)41-24-14-6-15-25-41)54(76-57(67)40-22-12-5-13-23-40)53(52)75-56(66)39-20-10-4-11-21-39/h3-35,47-54,59-60,62-64H,36-37H2,1-2H3/t47-,48-,49+,50+,51-,52-,53+,54+,59+,60-/m1/s1. The van der Waals surface area contributed by atoms with E-state index in [-0.39, 0.29) is 22.3 Å². The number of aliphatic hydroxyl groups is 3. The van der Waals surface area contributed by atoms with Gasteiger partial charge in [-0.3, -0.25) is 0 Å². The van der Waals surface area contributed by atoms with Crippen molar-refractivity contribution in [2.75, 3.05) is 27.4 Å². The van der Waals surface area contributed by atoms with Crippen LogP contribution in [-0.4, -0.2) is 128 Å². The summed E-state index contributed by atoms with van der Waals surface area (Å²) in [6.07, 6.45) is -18.2. The average Bonchev–Trinajstić information content (AvgIpc) is 3.60. The van der Waals surface area contributed by atoms with E-state index in [1.807, 2.05) is 54.6 Å². The van der Waals surface area contributed by atoms with Gasteiger partial charge >= 0.3 is 23.9 Å². The second-order valence-corrected chi connectivity index (χ2v) is 18.2. The lowest BCUT2D eigenvalue weighted by Crippen LogP contribution is -2.66. The molecule has 2 fully saturated rings. The van der Waals surface area contributed by atoms with E-state index < -0.39 is 104 Å². The van der Waals surface area contributed by atoms with Crippen molar-refractivity contribution in [3.05, 3.63) is 239 Å². The summed E-state index contributed by atoms with van der Waals surface area (Å²) in [4.78, 5) is 56.0. The third-order valence-electron chi connectivity index (χ3n) is 13.3. The molecule has 78 heavy (non-hydrogen) atoms. The molecule has 7 aromatic rings. The second kappa shape index (κ2) is 25.3. The monoisotopic (exact) mass is 1060 g/mol. The Hall–Kier alpha value is -8.26. The molecule has 402 valence electrons. The first kappa shape index (κ1) is 54.5. The van der Waals surface area contributed by atoms with Gasteiger partial charge in [-0.05, 0) is 89.5 Å². The summed E-state index contributed by atoms with van der Waals surface area (Å²) < 4.78 is 61.7. The smallest absolute Gasteiger partial charge is 0.340 e. The van der Waals surface area contributed by atoms with Crippen LogP contribution >= 0.6 is 0 Å². The van der Waals surface area contributed by atoms with Crippen molar-refractivity contribution in [3.63, 3.8) is 0 Å². The van der Waals surface area contributed by atoms with Gasteiger partial charge in [0.05, 0.1) is 43.1 Å². The predicted molar refractivity (Wildman–Crippen MR) is 278 cm³/mol. The molecule has 0 aromatic heterocycles. The van der Waals surface area contributed by atoms with Crippen LogP contribution in [0.15, 0.2) is 200 Å². The van der Waals surface area contributed by atoms with Gasteiger partial charge in [-0.1, -0.05) is 127 Å². The lowest BCUT2D eigenvalue weighted by molar-refractivity contribution is -0.354. The van der Waals surface area contributed by atoms with Crippen molar-refractivity contribution >= 4 is 23.9 Å². The largest absolute Gasteiger partial charge is 0.497 e. The van der Waals surface area contributed by atoms with Gasteiger partial charge in [0, 0.05) is 0 Å². The third-order valence-corrected chi connectivity index (χ3v) is 13.3. The zero-order chi connectivity index (χ0) is 54.6. The SMILES string of the molecule is COc1ccc(C(OC[C@H]2O[C@@H](O[C@H]3[C@H](OC(=O)c4ccccc4)[C@H](OC(=O)c4ccccc4)[C@@H](OC(=O)c4ccccc4)O[C@@H]3COC(=O)c3ccccc3)[C@H](O)[C@@H](O)[C@H]2O)(c2ccccc2)c2ccc(OC)cc2)cc1. The van der Waals surface area contributed by atoms with Crippen LogP contribution in [0.25, 0.3) is 0 Å². The maximum Gasteiger partial charge on any atom is 0.340 e. The van der Waals surface area contributed by atoms with Gasteiger partial charge in [0.15, 0.2) is 12.4 Å². The highest BCUT2D eigenvalue weighted by Crippen LogP contribution is 2.43. The van der Waals surface area contributed by atoms with E-state index in [1.54, 1.807) is 111 Å². The minimum Gasteiger partial charge on any atom is -0.497 e. The van der Waals surface area contributed by atoms with Crippen LogP contribution in [0.1, 0.15) is 58.1 Å². The van der Waals surface area contributed by atoms with Crippen LogP contribution in [0.2, 0.25) is 0 Å². The summed E-state index contributed by atoms with van der Waals surface area (Å²) in [6.45, 7) is -1.17. The third kappa shape index (κ3) is 12.3. The number of methoxy groups -OCH3 is 2. The highest BCUT2D eigenvalue weighted by atomic mass is 16.8. The fourth-order valence-corrected chi connectivity index (χ4v) is 9.23. The molecule has 3 N–H and O–H groups in total. The van der Waals surface area contributed by atoms with Crippen molar-refractivity contribution in [2.45, 2.75) is 67.0 Å². The van der Waals surface area contributed by atoms with E-state index in [0.29, 0.717) is 28.2 Å². The number of aliphatic hydroxyl groups excluding tert-OH is 3. The predicted octanol–water partition coefficient (Wildman–Crippen LogP) is 7.10. The van der Waals surface area contributed by atoms with E-state index >= 15 is 0 Å². The van der Waals surface area contributed by atoms with Gasteiger partial charge in [-0.2, -0.15) is 0 Å². The molecule has 10 atom stereocenters. The molecular formula is C61H56O17. The lowest BCUT2D eigenvalue weighted by atomic mass is 9.80. The molecule has 2 saturated heterocycles. The Kier molecular flexibility index (Phi) is 17.7. The van der Waals surface area contributed by atoms with Crippen molar-refractivity contribution in [3.8, 4) is 11.5 Å². The molecular weight excluding hydrogens is 1000 g/mol. The number of ether oxygens (including phenoxy) is 10. The van der Waals surface area contributed by atoms with Gasteiger partial charge in [0.2, 0.25) is 12.4 Å². The van der Waals surface area contributed by atoms with E-state index in [0.717, 1.165) is 0 Å². The van der Waals surface area contributed by atoms with E-state index in [4.69, 9.17) is 47.4 Å². The molecule has 0 saturated carbocycles. The molecule has 0 unspecified atom stereocenters. The van der Waals surface area contributed by atoms with Crippen molar-refractivity contribution in [1.82, 2.24) is 0 Å². The molecule has 17 heteroatoms. The number of hydrogen-bond acceptors (Lipinski definition) is 17. The molecule has 0 spiro atoms. The number of carbonyl (C=O) groups is 4. The number of rotatable bonds is 19. The molecule has 17 nitrogen and oxygen atoms in total. The van der Waals surface area contributed by atoms with E-state index in [9.17, 15) is 34.5 Å². The van der Waals surface area contributed by atoms with Crippen LogP contribution < -0.4 is 9.47 Å². The first-order valence-electron chi connectivity index (χ1n) is 25.0. The molecule has 7 aromatic carbocycles. The van der Waals surface area contributed by atoms with E-state index in [1.165, 1.54) is 48.5 Å². The molecule has 9 rings (SSSR count). The van der Waals surface area contributed by atoms with Crippen LogP contribution in [0.5, 0.6) is 11.5 Å². The van der Waals surface area contributed by atoms with Gasteiger partial charge in [-0.15, -0.1) is 0 Å². The minimum absolute atomic E-state index is 0.0427. The zero-order valence-corrected chi connectivity index (χ0v) is 42.3. The highest BCUT2D eigenvalue weighted by Gasteiger charge is 2.56. The summed E-state index contributed by atoms with van der Waals surface area (Å²) in [7, 11) is 3.09. The molecule has 0 bridgehead atoms.